The Bertz CT molecular complexity index is 877. The Labute approximate surface area is 157 Å². The van der Waals surface area contributed by atoms with Crippen molar-refractivity contribution in [3.63, 3.8) is 0 Å². The summed E-state index contributed by atoms with van der Waals surface area (Å²) in [5, 5.41) is 2.91. The van der Waals surface area contributed by atoms with Crippen molar-refractivity contribution in [3.05, 3.63) is 53.9 Å². The van der Waals surface area contributed by atoms with Crippen LogP contribution in [0.4, 0.5) is 0 Å². The van der Waals surface area contributed by atoms with Crippen LogP contribution in [0, 0.1) is 0 Å². The molecule has 1 aliphatic heterocycles. The molecule has 1 aromatic carbocycles. The fourth-order valence-corrected chi connectivity index (χ4v) is 3.12. The molecule has 1 N–H and O–H groups in total. The molecule has 142 valence electrons. The molecule has 1 atom stereocenters. The van der Waals surface area contributed by atoms with Crippen LogP contribution in [0.2, 0.25) is 0 Å². The number of rotatable bonds is 4. The summed E-state index contributed by atoms with van der Waals surface area (Å²) in [5.74, 6) is -0.307. The molecule has 0 bridgehead atoms. The van der Waals surface area contributed by atoms with Crippen LogP contribution in [0.3, 0.4) is 0 Å². The van der Waals surface area contributed by atoms with Gasteiger partial charge < -0.3 is 15.0 Å². The quantitative estimate of drug-likeness (QED) is 0.896. The van der Waals surface area contributed by atoms with Crippen molar-refractivity contribution in [3.8, 4) is 5.75 Å². The first-order chi connectivity index (χ1) is 12.7. The number of carbonyl (C=O) groups excluding carboxylic acids is 3. The van der Waals surface area contributed by atoms with Crippen LogP contribution < -0.4 is 10.1 Å². The van der Waals surface area contributed by atoms with Gasteiger partial charge in [-0.15, -0.1) is 0 Å². The Morgan fingerprint density at radius 1 is 1.15 bits per heavy atom. The minimum atomic E-state index is -0.921. The van der Waals surface area contributed by atoms with Crippen molar-refractivity contribution >= 4 is 17.7 Å². The maximum absolute atomic E-state index is 13.1. The fraction of sp³-hybridized carbons (Fsp3) is 0.350. The van der Waals surface area contributed by atoms with Gasteiger partial charge in [0.15, 0.2) is 0 Å². The van der Waals surface area contributed by atoms with E-state index in [1.54, 1.807) is 49.7 Å². The zero-order chi connectivity index (χ0) is 19.8. The van der Waals surface area contributed by atoms with Gasteiger partial charge in [-0.2, -0.15) is 0 Å². The van der Waals surface area contributed by atoms with Crippen molar-refractivity contribution in [2.75, 3.05) is 13.7 Å². The lowest BCUT2D eigenvalue weighted by atomic mass is 10.0. The average Bonchev–Trinajstić information content (AvgIpc) is 3.09. The monoisotopic (exact) mass is 369 g/mol. The second kappa shape index (κ2) is 6.90. The van der Waals surface area contributed by atoms with Crippen molar-refractivity contribution in [2.24, 2.45) is 0 Å². The predicted molar refractivity (Wildman–Crippen MR) is 99.7 cm³/mol. The number of fused-ring (bicyclic) bond motifs is 1. The number of hydrogen-bond acceptors (Lipinski definition) is 4. The zero-order valence-corrected chi connectivity index (χ0v) is 15.9. The normalized spacial score (nSPS) is 15.3. The van der Waals surface area contributed by atoms with Crippen LogP contribution in [0.1, 0.15) is 47.7 Å². The molecule has 2 aromatic rings. The predicted octanol–water partition coefficient (Wildman–Crippen LogP) is 2.25. The van der Waals surface area contributed by atoms with Gasteiger partial charge in [0.25, 0.3) is 11.8 Å². The molecule has 3 rings (SSSR count). The molecular weight excluding hydrogens is 346 g/mol. The van der Waals surface area contributed by atoms with Crippen molar-refractivity contribution in [2.45, 2.75) is 32.4 Å². The van der Waals surface area contributed by atoms with Crippen LogP contribution in [-0.4, -0.2) is 46.4 Å². The van der Waals surface area contributed by atoms with E-state index >= 15 is 0 Å². The standard InChI is InChI=1S/C20H23N3O4/c1-20(2,3)21-18(25)17(13-7-9-14(27-4)10-8-13)23-12-16(24)22-11-5-6-15(22)19(23)26/h5-11,17H,12H2,1-4H3,(H,21,25). The van der Waals surface area contributed by atoms with Crippen molar-refractivity contribution in [1.29, 1.82) is 0 Å². The molecule has 1 aliphatic rings. The van der Waals surface area contributed by atoms with Gasteiger partial charge in [-0.3, -0.25) is 19.0 Å². The Kier molecular flexibility index (Phi) is 4.78. The molecule has 0 saturated carbocycles. The molecular formula is C20H23N3O4. The van der Waals surface area contributed by atoms with Gasteiger partial charge >= 0.3 is 0 Å². The van der Waals surface area contributed by atoms with Gasteiger partial charge in [0, 0.05) is 11.7 Å². The molecule has 1 aromatic heterocycles. The third-order valence-corrected chi connectivity index (χ3v) is 4.29. The number of hydrogen-bond donors (Lipinski definition) is 1. The maximum atomic E-state index is 13.1. The Balaban J connectivity index is 2.02. The minimum Gasteiger partial charge on any atom is -0.497 e. The van der Waals surface area contributed by atoms with E-state index in [0.717, 1.165) is 0 Å². The number of nitrogens with zero attached hydrogens (tertiary/aromatic N) is 2. The molecule has 0 fully saturated rings. The zero-order valence-electron chi connectivity index (χ0n) is 15.9. The molecule has 27 heavy (non-hydrogen) atoms. The number of amides is 2. The molecule has 2 amide bonds. The average molecular weight is 369 g/mol. The van der Waals surface area contributed by atoms with E-state index in [9.17, 15) is 14.4 Å². The van der Waals surface area contributed by atoms with Gasteiger partial charge in [-0.05, 0) is 50.6 Å². The summed E-state index contributed by atoms with van der Waals surface area (Å²) < 4.78 is 6.50. The minimum absolute atomic E-state index is 0.172. The number of nitrogens with one attached hydrogen (secondary N) is 1. The number of aromatic nitrogens is 1. The van der Waals surface area contributed by atoms with E-state index in [0.29, 0.717) is 11.3 Å². The van der Waals surface area contributed by atoms with E-state index in [2.05, 4.69) is 5.32 Å². The molecule has 0 spiro atoms. The topological polar surface area (TPSA) is 80.6 Å². The summed E-state index contributed by atoms with van der Waals surface area (Å²) in [6.45, 7) is 5.42. The summed E-state index contributed by atoms with van der Waals surface area (Å²) in [6.07, 6.45) is 1.56. The second-order valence-electron chi connectivity index (χ2n) is 7.51. The molecule has 0 radical (unpaired) electrons. The van der Waals surface area contributed by atoms with Gasteiger partial charge in [0.1, 0.15) is 24.0 Å². The molecule has 7 nitrogen and oxygen atoms in total. The summed E-state index contributed by atoms with van der Waals surface area (Å²) in [7, 11) is 1.56. The number of benzene rings is 1. The largest absolute Gasteiger partial charge is 0.497 e. The molecule has 0 aliphatic carbocycles. The summed E-state index contributed by atoms with van der Waals surface area (Å²) in [5.41, 5.74) is 0.386. The van der Waals surface area contributed by atoms with Gasteiger partial charge in [-0.1, -0.05) is 12.1 Å². The highest BCUT2D eigenvalue weighted by molar-refractivity contribution is 6.05. The smallest absolute Gasteiger partial charge is 0.272 e. The van der Waals surface area contributed by atoms with E-state index in [1.807, 2.05) is 20.8 Å². The third kappa shape index (κ3) is 3.72. The van der Waals surface area contributed by atoms with Crippen LogP contribution >= 0.6 is 0 Å². The lowest BCUT2D eigenvalue weighted by Crippen LogP contribution is -2.53. The Morgan fingerprint density at radius 2 is 1.81 bits per heavy atom. The first-order valence-corrected chi connectivity index (χ1v) is 8.69. The first kappa shape index (κ1) is 18.7. The van der Waals surface area contributed by atoms with Crippen molar-refractivity contribution in [1.82, 2.24) is 14.8 Å². The van der Waals surface area contributed by atoms with Gasteiger partial charge in [0.05, 0.1) is 7.11 Å². The van der Waals surface area contributed by atoms with Crippen LogP contribution in [0.25, 0.3) is 0 Å². The summed E-state index contributed by atoms with van der Waals surface area (Å²) in [6, 6.07) is 9.23. The Morgan fingerprint density at radius 3 is 2.41 bits per heavy atom. The van der Waals surface area contributed by atoms with Gasteiger partial charge in [0.2, 0.25) is 5.91 Å². The van der Waals surface area contributed by atoms with E-state index in [-0.39, 0.29) is 30.0 Å². The van der Waals surface area contributed by atoms with E-state index < -0.39 is 11.6 Å². The maximum Gasteiger partial charge on any atom is 0.272 e. The SMILES string of the molecule is COc1ccc(C(C(=O)NC(C)(C)C)N2CC(=O)n3cccc3C2=O)cc1. The van der Waals surface area contributed by atoms with Gasteiger partial charge in [-0.25, -0.2) is 0 Å². The van der Waals surface area contributed by atoms with E-state index in [1.165, 1.54) is 9.47 Å². The second-order valence-corrected chi connectivity index (χ2v) is 7.51. The number of methoxy groups -OCH3 is 1. The number of carbonyl (C=O) groups is 3. The lowest BCUT2D eigenvalue weighted by molar-refractivity contribution is -0.127. The lowest BCUT2D eigenvalue weighted by Gasteiger charge is -2.35. The fourth-order valence-electron chi connectivity index (χ4n) is 3.12. The van der Waals surface area contributed by atoms with Crippen LogP contribution in [0.15, 0.2) is 42.6 Å². The van der Waals surface area contributed by atoms with Crippen molar-refractivity contribution < 1.29 is 19.1 Å². The highest BCUT2D eigenvalue weighted by Crippen LogP contribution is 2.28. The summed E-state index contributed by atoms with van der Waals surface area (Å²) >= 11 is 0. The van der Waals surface area contributed by atoms with Crippen LogP contribution in [0.5, 0.6) is 5.75 Å². The van der Waals surface area contributed by atoms with Crippen LogP contribution in [-0.2, 0) is 4.79 Å². The number of ether oxygens (including phenoxy) is 1. The Hall–Kier alpha value is -3.09. The third-order valence-electron chi connectivity index (χ3n) is 4.29. The van der Waals surface area contributed by atoms with E-state index in [4.69, 9.17) is 4.74 Å². The highest BCUT2D eigenvalue weighted by Gasteiger charge is 2.39. The summed E-state index contributed by atoms with van der Waals surface area (Å²) in [4.78, 5) is 39.8. The molecule has 2 heterocycles. The molecule has 7 heteroatoms. The molecule has 1 unspecified atom stereocenters. The first-order valence-electron chi connectivity index (χ1n) is 8.69. The molecule has 0 saturated heterocycles. The highest BCUT2D eigenvalue weighted by atomic mass is 16.5.